The van der Waals surface area contributed by atoms with Gasteiger partial charge in [0.05, 0.1) is 34.4 Å². The van der Waals surface area contributed by atoms with Crippen molar-refractivity contribution in [3.63, 3.8) is 0 Å². The lowest BCUT2D eigenvalue weighted by Crippen LogP contribution is -2.50. The number of hydrogen-bond acceptors (Lipinski definition) is 6. The van der Waals surface area contributed by atoms with Crippen LogP contribution in [-0.4, -0.2) is 80.6 Å². The Balaban J connectivity index is 4.21. The van der Waals surface area contributed by atoms with Crippen LogP contribution < -0.4 is 0 Å². The normalized spacial score (nSPS) is 12.8. The summed E-state index contributed by atoms with van der Waals surface area (Å²) in [7, 11) is 5.55. The zero-order chi connectivity index (χ0) is 42.1. The third-order valence-corrected chi connectivity index (χ3v) is 11.5. The van der Waals surface area contributed by atoms with Crippen LogP contribution in [0.25, 0.3) is 0 Å². The number of nitrogens with zero attached hydrogens (tertiary/aromatic N) is 1. The van der Waals surface area contributed by atoms with Gasteiger partial charge in [0, 0.05) is 19.3 Å². The summed E-state index contributed by atoms with van der Waals surface area (Å²) in [5.74, 6) is -1.44. The zero-order valence-corrected chi connectivity index (χ0v) is 38.6. The van der Waals surface area contributed by atoms with Gasteiger partial charge in [-0.3, -0.25) is 9.59 Å². The van der Waals surface area contributed by atoms with Crippen LogP contribution in [0.4, 0.5) is 0 Å². The third-order valence-electron chi connectivity index (χ3n) is 11.5. The van der Waals surface area contributed by atoms with E-state index in [1.54, 1.807) is 0 Å². The number of unbranched alkanes of at least 4 members (excludes halogenated alkanes) is 31. The topological polar surface area (TPSA) is 99.1 Å². The van der Waals surface area contributed by atoms with Gasteiger partial charge >= 0.3 is 17.9 Å². The summed E-state index contributed by atoms with van der Waals surface area (Å²) in [5.41, 5.74) is 0. The fourth-order valence-corrected chi connectivity index (χ4v) is 7.68. The smallest absolute Gasteiger partial charge is 0.362 e. The van der Waals surface area contributed by atoms with E-state index in [0.29, 0.717) is 19.3 Å². The van der Waals surface area contributed by atoms with Gasteiger partial charge in [-0.15, -0.1) is 0 Å². The molecule has 0 aromatic carbocycles. The molecule has 1 N–H and O–H groups in total. The molecule has 0 aliphatic heterocycles. The summed E-state index contributed by atoms with van der Waals surface area (Å²) in [6.07, 6.45) is 42.8. The molecular weight excluding hydrogens is 715 g/mol. The van der Waals surface area contributed by atoms with Crippen molar-refractivity contribution in [1.82, 2.24) is 0 Å². The Morgan fingerprint density at radius 3 is 1.09 bits per heavy atom. The second kappa shape index (κ2) is 41.1. The van der Waals surface area contributed by atoms with Gasteiger partial charge in [0.25, 0.3) is 0 Å². The second-order valence-electron chi connectivity index (χ2n) is 18.1. The summed E-state index contributed by atoms with van der Waals surface area (Å²) < 4.78 is 17.3. The van der Waals surface area contributed by atoms with E-state index < -0.39 is 18.1 Å². The lowest BCUT2D eigenvalue weighted by Gasteiger charge is -2.31. The number of carbonyl (C=O) groups is 3. The minimum atomic E-state index is -0.869. The standard InChI is InChI=1S/C49H95NO7/c1-6-8-10-12-14-16-18-20-22-23-24-25-26-28-30-32-34-36-38-40-48(52)57-45(43-55-42-41-46(49(53)54)50(3,4)5)44-56-47(51)39-37-35-33-31-29-27-21-19-17-15-13-11-9-7-2/h45-46H,6-44H2,1-5H3/p+1. The molecule has 0 bridgehead atoms. The highest BCUT2D eigenvalue weighted by molar-refractivity contribution is 5.72. The van der Waals surface area contributed by atoms with Gasteiger partial charge in [-0.2, -0.15) is 0 Å². The van der Waals surface area contributed by atoms with Gasteiger partial charge < -0.3 is 23.8 Å². The lowest BCUT2D eigenvalue weighted by molar-refractivity contribution is -0.887. The van der Waals surface area contributed by atoms with Crippen LogP contribution in [0.1, 0.15) is 245 Å². The summed E-state index contributed by atoms with van der Waals surface area (Å²) in [5, 5.41) is 9.63. The van der Waals surface area contributed by atoms with Gasteiger partial charge in [-0.1, -0.05) is 213 Å². The van der Waals surface area contributed by atoms with Gasteiger partial charge in [0.1, 0.15) is 6.61 Å². The Morgan fingerprint density at radius 2 is 0.772 bits per heavy atom. The minimum Gasteiger partial charge on any atom is -0.477 e. The maximum atomic E-state index is 12.8. The molecule has 0 amide bonds. The molecule has 0 radical (unpaired) electrons. The van der Waals surface area contributed by atoms with E-state index in [9.17, 15) is 19.5 Å². The number of carboxylic acids is 1. The Labute approximate surface area is 353 Å². The number of rotatable bonds is 45. The molecule has 0 saturated heterocycles. The van der Waals surface area contributed by atoms with Crippen LogP contribution in [-0.2, 0) is 28.6 Å². The summed E-state index contributed by atoms with van der Waals surface area (Å²) in [6.45, 7) is 4.79. The van der Waals surface area contributed by atoms with E-state index in [0.717, 1.165) is 38.5 Å². The quantitative estimate of drug-likeness (QED) is 0.0371. The molecule has 0 saturated carbocycles. The van der Waals surface area contributed by atoms with Crippen molar-refractivity contribution >= 4 is 17.9 Å². The SMILES string of the molecule is CCCCCCCCCCCCCCCCCCCCCC(=O)OC(COCCC(C(=O)O)[N+](C)(C)C)COC(=O)CCCCCCCCCCCCCCCC. The van der Waals surface area contributed by atoms with Crippen LogP contribution in [0.15, 0.2) is 0 Å². The first-order chi connectivity index (χ1) is 27.6. The molecule has 2 unspecified atom stereocenters. The van der Waals surface area contributed by atoms with E-state index in [1.807, 2.05) is 21.1 Å². The highest BCUT2D eigenvalue weighted by Gasteiger charge is 2.31. The summed E-state index contributed by atoms with van der Waals surface area (Å²) in [4.78, 5) is 37.1. The molecule has 2 atom stereocenters. The molecule has 0 aromatic heterocycles. The number of carbonyl (C=O) groups excluding carboxylic acids is 2. The Hall–Kier alpha value is -1.67. The summed E-state index contributed by atoms with van der Waals surface area (Å²) in [6, 6.07) is -0.608. The largest absolute Gasteiger partial charge is 0.477 e. The molecule has 8 nitrogen and oxygen atoms in total. The number of likely N-dealkylation sites (N-methyl/N-ethyl adjacent to an activating group) is 1. The molecule has 0 aliphatic carbocycles. The fraction of sp³-hybridized carbons (Fsp3) is 0.939. The minimum absolute atomic E-state index is 0.0416. The van der Waals surface area contributed by atoms with Gasteiger partial charge in [-0.25, -0.2) is 4.79 Å². The van der Waals surface area contributed by atoms with E-state index in [2.05, 4.69) is 13.8 Å². The molecule has 0 rings (SSSR count). The predicted octanol–water partition coefficient (Wildman–Crippen LogP) is 13.7. The predicted molar refractivity (Wildman–Crippen MR) is 239 cm³/mol. The fourth-order valence-electron chi connectivity index (χ4n) is 7.68. The first kappa shape index (κ1) is 55.3. The van der Waals surface area contributed by atoms with Crippen molar-refractivity contribution < 1.29 is 38.2 Å². The van der Waals surface area contributed by atoms with E-state index in [-0.39, 0.29) is 36.2 Å². The number of hydrogen-bond donors (Lipinski definition) is 1. The highest BCUT2D eigenvalue weighted by Crippen LogP contribution is 2.17. The number of carboxylic acid groups (broad SMARTS) is 1. The van der Waals surface area contributed by atoms with Crippen molar-refractivity contribution in [1.29, 1.82) is 0 Å². The Kier molecular flexibility index (Phi) is 39.9. The monoisotopic (exact) mass is 811 g/mol. The third kappa shape index (κ3) is 39.6. The summed E-state index contributed by atoms with van der Waals surface area (Å²) >= 11 is 0. The van der Waals surface area contributed by atoms with Crippen molar-refractivity contribution in [2.75, 3.05) is 41.0 Å². The number of aliphatic carboxylic acids is 1. The first-order valence-corrected chi connectivity index (χ1v) is 24.6. The molecule has 57 heavy (non-hydrogen) atoms. The zero-order valence-electron chi connectivity index (χ0n) is 38.6. The van der Waals surface area contributed by atoms with Gasteiger partial charge in [0.2, 0.25) is 0 Å². The second-order valence-corrected chi connectivity index (χ2v) is 18.1. The van der Waals surface area contributed by atoms with Crippen molar-refractivity contribution in [3.8, 4) is 0 Å². The van der Waals surface area contributed by atoms with E-state index in [1.165, 1.54) is 173 Å². The van der Waals surface area contributed by atoms with E-state index in [4.69, 9.17) is 14.2 Å². The number of esters is 2. The Bertz CT molecular complexity index is 905. The van der Waals surface area contributed by atoms with Crippen LogP contribution in [0.5, 0.6) is 0 Å². The number of ether oxygens (including phenoxy) is 3. The van der Waals surface area contributed by atoms with Crippen LogP contribution in [0.2, 0.25) is 0 Å². The molecule has 0 fully saturated rings. The average molecular weight is 811 g/mol. The average Bonchev–Trinajstić information content (AvgIpc) is 3.17. The van der Waals surface area contributed by atoms with Gasteiger partial charge in [0.15, 0.2) is 12.1 Å². The van der Waals surface area contributed by atoms with Gasteiger partial charge in [-0.05, 0) is 12.8 Å². The molecule has 0 aromatic rings. The van der Waals surface area contributed by atoms with Crippen molar-refractivity contribution in [3.05, 3.63) is 0 Å². The molecule has 0 spiro atoms. The number of quaternary nitrogens is 1. The first-order valence-electron chi connectivity index (χ1n) is 24.6. The molecule has 8 heteroatoms. The van der Waals surface area contributed by atoms with Crippen LogP contribution in [0, 0.1) is 0 Å². The molecule has 0 heterocycles. The van der Waals surface area contributed by atoms with Crippen LogP contribution in [0.3, 0.4) is 0 Å². The highest BCUT2D eigenvalue weighted by atomic mass is 16.6. The molecule has 338 valence electrons. The van der Waals surface area contributed by atoms with Crippen molar-refractivity contribution in [2.45, 2.75) is 257 Å². The molecular formula is C49H96NO7+. The van der Waals surface area contributed by atoms with Crippen molar-refractivity contribution in [2.24, 2.45) is 0 Å². The lowest BCUT2D eigenvalue weighted by atomic mass is 10.0. The van der Waals surface area contributed by atoms with Crippen LogP contribution >= 0.6 is 0 Å². The maximum absolute atomic E-state index is 12.8. The van der Waals surface area contributed by atoms with E-state index >= 15 is 0 Å². The molecule has 0 aliphatic rings. The Morgan fingerprint density at radius 1 is 0.456 bits per heavy atom. The maximum Gasteiger partial charge on any atom is 0.362 e.